The Morgan fingerprint density at radius 1 is 1.32 bits per heavy atom. The molecule has 4 nitrogen and oxygen atoms in total. The van der Waals surface area contributed by atoms with Crippen molar-refractivity contribution in [3.8, 4) is 0 Å². The molecule has 0 aromatic rings. The van der Waals surface area contributed by atoms with Gasteiger partial charge in [-0.3, -0.25) is 9.59 Å². The van der Waals surface area contributed by atoms with Crippen LogP contribution in [0.3, 0.4) is 0 Å². The van der Waals surface area contributed by atoms with Gasteiger partial charge in [-0.05, 0) is 24.8 Å². The molecular formula is C17H24BrNO3. The molecular weight excluding hydrogens is 346 g/mol. The van der Waals surface area contributed by atoms with Crippen LogP contribution in [-0.4, -0.2) is 41.3 Å². The Kier molecular flexibility index (Phi) is 6.24. The summed E-state index contributed by atoms with van der Waals surface area (Å²) in [5, 5.41) is 0.810. The number of halogens is 1. The number of hydrogen-bond donors (Lipinski definition) is 0. The molecule has 122 valence electrons. The number of rotatable bonds is 7. The third kappa shape index (κ3) is 3.80. The van der Waals surface area contributed by atoms with Crippen molar-refractivity contribution in [2.24, 2.45) is 5.92 Å². The number of cyclic esters (lactones) is 1. The molecule has 22 heavy (non-hydrogen) atoms. The van der Waals surface area contributed by atoms with Crippen molar-refractivity contribution in [2.45, 2.75) is 45.6 Å². The predicted molar refractivity (Wildman–Crippen MR) is 89.7 cm³/mol. The molecule has 1 unspecified atom stereocenters. The van der Waals surface area contributed by atoms with Crippen LogP contribution < -0.4 is 0 Å². The molecule has 0 saturated carbocycles. The van der Waals surface area contributed by atoms with Crippen LogP contribution >= 0.6 is 15.9 Å². The molecule has 2 aliphatic rings. The van der Waals surface area contributed by atoms with Crippen molar-refractivity contribution in [3.05, 3.63) is 23.3 Å². The van der Waals surface area contributed by atoms with Crippen LogP contribution in [0.15, 0.2) is 23.3 Å². The van der Waals surface area contributed by atoms with E-state index in [-0.39, 0.29) is 30.3 Å². The van der Waals surface area contributed by atoms with E-state index in [1.165, 1.54) is 5.57 Å². The second-order valence-electron chi connectivity index (χ2n) is 5.92. The van der Waals surface area contributed by atoms with E-state index < -0.39 is 0 Å². The fourth-order valence-corrected chi connectivity index (χ4v) is 3.49. The van der Waals surface area contributed by atoms with Crippen LogP contribution in [0.5, 0.6) is 0 Å². The molecule has 0 bridgehead atoms. The molecule has 1 aliphatic heterocycles. The maximum atomic E-state index is 12.8. The van der Waals surface area contributed by atoms with Gasteiger partial charge in [0.25, 0.3) is 0 Å². The highest BCUT2D eigenvalue weighted by Crippen LogP contribution is 2.35. The van der Waals surface area contributed by atoms with Crippen LogP contribution in [0, 0.1) is 5.92 Å². The average molecular weight is 370 g/mol. The zero-order chi connectivity index (χ0) is 16.1. The summed E-state index contributed by atoms with van der Waals surface area (Å²) < 4.78 is 5.47. The molecule has 1 aliphatic carbocycles. The molecule has 5 heteroatoms. The first-order valence-corrected chi connectivity index (χ1v) is 9.15. The van der Waals surface area contributed by atoms with Crippen molar-refractivity contribution >= 4 is 27.8 Å². The minimum atomic E-state index is -0.385. The summed E-state index contributed by atoms with van der Waals surface area (Å²) in [5.74, 6) is -0.558. The Morgan fingerprint density at radius 2 is 2.00 bits per heavy atom. The predicted octanol–water partition coefficient (Wildman–Crippen LogP) is 3.22. The van der Waals surface area contributed by atoms with Crippen molar-refractivity contribution in [3.63, 3.8) is 0 Å². The number of amides is 1. The van der Waals surface area contributed by atoms with E-state index in [4.69, 9.17) is 4.74 Å². The Morgan fingerprint density at radius 3 is 2.55 bits per heavy atom. The second kappa shape index (κ2) is 7.95. The largest absolute Gasteiger partial charge is 0.457 e. The third-order valence-corrected chi connectivity index (χ3v) is 4.85. The smallest absolute Gasteiger partial charge is 0.307 e. The van der Waals surface area contributed by atoms with Crippen molar-refractivity contribution in [1.82, 2.24) is 4.90 Å². The lowest BCUT2D eigenvalue weighted by Crippen LogP contribution is -2.40. The molecule has 1 heterocycles. The van der Waals surface area contributed by atoms with Crippen LogP contribution in [0.4, 0.5) is 0 Å². The van der Waals surface area contributed by atoms with E-state index in [0.717, 1.165) is 43.3 Å². The van der Waals surface area contributed by atoms with Gasteiger partial charge >= 0.3 is 5.97 Å². The van der Waals surface area contributed by atoms with Gasteiger partial charge in [0.15, 0.2) is 0 Å². The summed E-state index contributed by atoms with van der Waals surface area (Å²) in [7, 11) is 0. The Hall–Kier alpha value is -1.10. The van der Waals surface area contributed by atoms with E-state index in [1.54, 1.807) is 0 Å². The van der Waals surface area contributed by atoms with E-state index in [1.807, 2.05) is 17.1 Å². The van der Waals surface area contributed by atoms with Crippen LogP contribution in [0.2, 0.25) is 0 Å². The molecule has 2 rings (SSSR count). The number of allylic oxidation sites excluding steroid dienone is 3. The first kappa shape index (κ1) is 17.3. The fourth-order valence-electron chi connectivity index (χ4n) is 3.11. The maximum absolute atomic E-state index is 12.8. The maximum Gasteiger partial charge on any atom is 0.307 e. The van der Waals surface area contributed by atoms with Crippen molar-refractivity contribution < 1.29 is 14.3 Å². The lowest BCUT2D eigenvalue weighted by atomic mass is 9.92. The van der Waals surface area contributed by atoms with Gasteiger partial charge in [0, 0.05) is 18.4 Å². The molecule has 0 spiro atoms. The highest BCUT2D eigenvalue weighted by atomic mass is 79.9. The molecule has 0 aromatic carbocycles. The average Bonchev–Trinajstić information content (AvgIpc) is 3.12. The molecule has 1 fully saturated rings. The van der Waals surface area contributed by atoms with Gasteiger partial charge in [0.05, 0.1) is 12.3 Å². The van der Waals surface area contributed by atoms with Crippen molar-refractivity contribution in [2.75, 3.05) is 18.4 Å². The third-order valence-electron chi connectivity index (χ3n) is 4.13. The topological polar surface area (TPSA) is 46.6 Å². The number of nitrogens with zero attached hydrogens (tertiary/aromatic N) is 1. The molecule has 0 radical (unpaired) electrons. The molecule has 0 aromatic heterocycles. The monoisotopic (exact) mass is 369 g/mol. The van der Waals surface area contributed by atoms with E-state index in [9.17, 15) is 9.59 Å². The van der Waals surface area contributed by atoms with Gasteiger partial charge in [0.2, 0.25) is 5.91 Å². The molecule has 1 amide bonds. The van der Waals surface area contributed by atoms with Crippen LogP contribution in [0.25, 0.3) is 0 Å². The van der Waals surface area contributed by atoms with E-state index in [0.29, 0.717) is 0 Å². The minimum Gasteiger partial charge on any atom is -0.457 e. The summed E-state index contributed by atoms with van der Waals surface area (Å²) in [5.41, 5.74) is 2.30. The van der Waals surface area contributed by atoms with Gasteiger partial charge in [0.1, 0.15) is 6.10 Å². The second-order valence-corrected chi connectivity index (χ2v) is 6.48. The lowest BCUT2D eigenvalue weighted by molar-refractivity contribution is -0.140. The summed E-state index contributed by atoms with van der Waals surface area (Å²) >= 11 is 3.45. The molecule has 0 N–H and O–H groups in total. The highest BCUT2D eigenvalue weighted by molar-refractivity contribution is 9.09. The van der Waals surface area contributed by atoms with E-state index in [2.05, 4.69) is 29.8 Å². The number of alkyl halides is 1. The Balaban J connectivity index is 2.10. The Labute approximate surface area is 140 Å². The zero-order valence-electron chi connectivity index (χ0n) is 13.3. The van der Waals surface area contributed by atoms with Gasteiger partial charge in [-0.25, -0.2) is 0 Å². The quantitative estimate of drug-likeness (QED) is 0.511. The summed E-state index contributed by atoms with van der Waals surface area (Å²) in [6, 6.07) is 0. The Bertz CT molecular complexity index is 492. The summed E-state index contributed by atoms with van der Waals surface area (Å²) in [6.45, 7) is 5.62. The fraction of sp³-hybridized carbons (Fsp3) is 0.647. The van der Waals surface area contributed by atoms with Gasteiger partial charge in [-0.2, -0.15) is 0 Å². The number of ether oxygens (including phenoxy) is 1. The van der Waals surface area contributed by atoms with E-state index >= 15 is 0 Å². The van der Waals surface area contributed by atoms with Gasteiger partial charge in [-0.15, -0.1) is 0 Å². The van der Waals surface area contributed by atoms with Gasteiger partial charge < -0.3 is 9.64 Å². The first-order valence-electron chi connectivity index (χ1n) is 8.03. The van der Waals surface area contributed by atoms with Crippen LogP contribution in [-0.2, 0) is 14.3 Å². The lowest BCUT2D eigenvalue weighted by Gasteiger charge is -2.27. The number of carbonyl (C=O) groups is 2. The van der Waals surface area contributed by atoms with Crippen molar-refractivity contribution in [1.29, 1.82) is 0 Å². The standard InChI is InChI=1S/C17H24BrNO3/c1-3-7-19(8-4-2)17(21)14-10-15(20)22-16(14)13-6-5-12(9-13)11-18/h5-6,14,16H,3-4,7-11H2,1-2H3/t14-,16?/m0/s1. The molecule has 2 atom stereocenters. The summed E-state index contributed by atoms with van der Waals surface area (Å²) in [4.78, 5) is 26.5. The number of esters is 1. The highest BCUT2D eigenvalue weighted by Gasteiger charge is 2.43. The SMILES string of the molecule is CCCN(CCC)C(=O)[C@H]1CC(=O)OC1C1=CC=C(CBr)C1. The minimum absolute atomic E-state index is 0.0627. The first-order chi connectivity index (χ1) is 10.6. The molecule has 1 saturated heterocycles. The zero-order valence-corrected chi connectivity index (χ0v) is 14.9. The van der Waals surface area contributed by atoms with Crippen LogP contribution in [0.1, 0.15) is 39.5 Å². The summed E-state index contributed by atoms with van der Waals surface area (Å²) in [6.07, 6.45) is 6.51. The van der Waals surface area contributed by atoms with Gasteiger partial charge in [-0.1, -0.05) is 47.5 Å². The normalized spacial score (nSPS) is 24.0. The number of hydrogen-bond acceptors (Lipinski definition) is 3. The number of carbonyl (C=O) groups excluding carboxylic acids is 2.